The third-order valence-electron chi connectivity index (χ3n) is 4.87. The maximum absolute atomic E-state index is 12.0. The van der Waals surface area contributed by atoms with Gasteiger partial charge in [-0.3, -0.25) is 4.79 Å². The third kappa shape index (κ3) is 6.01. The van der Waals surface area contributed by atoms with E-state index >= 15 is 0 Å². The Morgan fingerprint density at radius 3 is 2.65 bits per heavy atom. The average molecular weight is 303 g/mol. The lowest BCUT2D eigenvalue weighted by atomic mass is 9.86. The van der Waals surface area contributed by atoms with E-state index in [4.69, 9.17) is 0 Å². The van der Waals surface area contributed by atoms with Crippen molar-refractivity contribution in [3.05, 3.63) is 0 Å². The Labute approximate surface area is 130 Å². The third-order valence-corrected chi connectivity index (χ3v) is 4.87. The number of halogens is 1. The van der Waals surface area contributed by atoms with E-state index in [2.05, 4.69) is 17.6 Å². The van der Waals surface area contributed by atoms with Crippen LogP contribution in [0.2, 0.25) is 0 Å². The van der Waals surface area contributed by atoms with Crippen LogP contribution in [0.5, 0.6) is 0 Å². The van der Waals surface area contributed by atoms with Gasteiger partial charge in [-0.1, -0.05) is 39.0 Å². The van der Waals surface area contributed by atoms with Crippen molar-refractivity contribution in [1.82, 2.24) is 10.6 Å². The Kier molecular flexibility index (Phi) is 8.55. The van der Waals surface area contributed by atoms with Crippen molar-refractivity contribution in [2.24, 2.45) is 11.8 Å². The highest BCUT2D eigenvalue weighted by molar-refractivity contribution is 5.85. The maximum Gasteiger partial charge on any atom is 0.220 e. The molecule has 0 aromatic heterocycles. The molecule has 0 aromatic rings. The molecule has 1 amide bonds. The standard InChI is InChI=1S/C16H30N2O.ClH/c1-13-12-17-11-10-15(13)18-16(19)9-5-8-14-6-3-2-4-7-14;/h13-15,17H,2-12H2,1H3,(H,18,19);1H. The van der Waals surface area contributed by atoms with Gasteiger partial charge < -0.3 is 10.6 Å². The number of nitrogens with one attached hydrogen (secondary N) is 2. The first-order valence-electron chi connectivity index (χ1n) is 8.26. The van der Waals surface area contributed by atoms with Crippen LogP contribution in [0.15, 0.2) is 0 Å². The van der Waals surface area contributed by atoms with E-state index in [0.29, 0.717) is 12.0 Å². The largest absolute Gasteiger partial charge is 0.353 e. The zero-order chi connectivity index (χ0) is 13.5. The van der Waals surface area contributed by atoms with Crippen LogP contribution >= 0.6 is 12.4 Å². The van der Waals surface area contributed by atoms with E-state index in [9.17, 15) is 4.79 Å². The molecule has 1 saturated heterocycles. The Balaban J connectivity index is 0.00000200. The smallest absolute Gasteiger partial charge is 0.220 e. The second-order valence-electron chi connectivity index (χ2n) is 6.54. The van der Waals surface area contributed by atoms with Crippen molar-refractivity contribution in [2.45, 2.75) is 70.8 Å². The predicted octanol–water partition coefficient (Wildman–Crippen LogP) is 3.27. The molecule has 0 bridgehead atoms. The highest BCUT2D eigenvalue weighted by atomic mass is 35.5. The first-order chi connectivity index (χ1) is 9.25. The average Bonchev–Trinajstić information content (AvgIpc) is 2.43. The van der Waals surface area contributed by atoms with Gasteiger partial charge in [-0.25, -0.2) is 0 Å². The number of carbonyl (C=O) groups excluding carboxylic acids is 1. The first kappa shape index (κ1) is 17.8. The van der Waals surface area contributed by atoms with E-state index < -0.39 is 0 Å². The summed E-state index contributed by atoms with van der Waals surface area (Å²) >= 11 is 0. The Morgan fingerprint density at radius 1 is 1.20 bits per heavy atom. The monoisotopic (exact) mass is 302 g/mol. The molecule has 118 valence electrons. The topological polar surface area (TPSA) is 41.1 Å². The molecule has 0 spiro atoms. The van der Waals surface area contributed by atoms with Gasteiger partial charge in [-0.05, 0) is 44.2 Å². The molecule has 2 aliphatic rings. The van der Waals surface area contributed by atoms with Crippen LogP contribution in [0.4, 0.5) is 0 Å². The summed E-state index contributed by atoms with van der Waals surface area (Å²) in [5, 5.41) is 6.60. The number of hydrogen-bond donors (Lipinski definition) is 2. The van der Waals surface area contributed by atoms with Crippen molar-refractivity contribution in [3.63, 3.8) is 0 Å². The van der Waals surface area contributed by atoms with E-state index in [1.165, 1.54) is 38.5 Å². The van der Waals surface area contributed by atoms with Crippen molar-refractivity contribution < 1.29 is 4.79 Å². The van der Waals surface area contributed by atoms with Gasteiger partial charge in [0.25, 0.3) is 0 Å². The van der Waals surface area contributed by atoms with Gasteiger partial charge in [-0.15, -0.1) is 12.4 Å². The molecule has 1 aliphatic heterocycles. The first-order valence-corrected chi connectivity index (χ1v) is 8.26. The van der Waals surface area contributed by atoms with Gasteiger partial charge in [0.05, 0.1) is 0 Å². The van der Waals surface area contributed by atoms with Gasteiger partial charge >= 0.3 is 0 Å². The van der Waals surface area contributed by atoms with E-state index in [0.717, 1.165) is 38.3 Å². The molecule has 3 nitrogen and oxygen atoms in total. The van der Waals surface area contributed by atoms with E-state index in [1.54, 1.807) is 0 Å². The zero-order valence-corrected chi connectivity index (χ0v) is 13.6. The molecule has 2 atom stereocenters. The minimum absolute atomic E-state index is 0. The summed E-state index contributed by atoms with van der Waals surface area (Å²) in [6.07, 6.45) is 11.2. The Hall–Kier alpha value is -0.280. The Morgan fingerprint density at radius 2 is 1.95 bits per heavy atom. The summed E-state index contributed by atoms with van der Waals surface area (Å²) in [5.74, 6) is 1.74. The molecule has 4 heteroatoms. The van der Waals surface area contributed by atoms with Crippen LogP contribution in [0.1, 0.15) is 64.7 Å². The number of amides is 1. The van der Waals surface area contributed by atoms with E-state index in [1.807, 2.05) is 0 Å². The summed E-state index contributed by atoms with van der Waals surface area (Å²) in [5.41, 5.74) is 0. The summed E-state index contributed by atoms with van der Waals surface area (Å²) in [7, 11) is 0. The second kappa shape index (κ2) is 9.62. The van der Waals surface area contributed by atoms with Crippen LogP contribution in [0, 0.1) is 11.8 Å². The fourth-order valence-corrected chi connectivity index (χ4v) is 3.53. The molecule has 1 heterocycles. The van der Waals surface area contributed by atoms with E-state index in [-0.39, 0.29) is 18.3 Å². The molecule has 2 rings (SSSR count). The van der Waals surface area contributed by atoms with Crippen molar-refractivity contribution >= 4 is 18.3 Å². The van der Waals surface area contributed by atoms with Gasteiger partial charge in [0.15, 0.2) is 0 Å². The number of rotatable bonds is 5. The highest BCUT2D eigenvalue weighted by Crippen LogP contribution is 2.27. The molecule has 1 aliphatic carbocycles. The highest BCUT2D eigenvalue weighted by Gasteiger charge is 2.22. The maximum atomic E-state index is 12.0. The number of carbonyl (C=O) groups is 1. The van der Waals surface area contributed by atoms with Gasteiger partial charge in [0.1, 0.15) is 0 Å². The number of hydrogen-bond acceptors (Lipinski definition) is 2. The summed E-state index contributed by atoms with van der Waals surface area (Å²) in [6, 6.07) is 0.392. The zero-order valence-electron chi connectivity index (χ0n) is 12.8. The molecular weight excluding hydrogens is 272 g/mol. The van der Waals surface area contributed by atoms with Crippen LogP contribution in [0.3, 0.4) is 0 Å². The molecular formula is C16H31ClN2O. The SMILES string of the molecule is CC1CNCCC1NC(=O)CCCC1CCCCC1.Cl. The molecule has 20 heavy (non-hydrogen) atoms. The Bertz CT molecular complexity index is 280. The van der Waals surface area contributed by atoms with Crippen LogP contribution in [-0.2, 0) is 4.79 Å². The minimum Gasteiger partial charge on any atom is -0.353 e. The van der Waals surface area contributed by atoms with Crippen molar-refractivity contribution in [2.75, 3.05) is 13.1 Å². The van der Waals surface area contributed by atoms with Gasteiger partial charge in [-0.2, -0.15) is 0 Å². The quantitative estimate of drug-likeness (QED) is 0.818. The van der Waals surface area contributed by atoms with Gasteiger partial charge in [0.2, 0.25) is 5.91 Å². The fourth-order valence-electron chi connectivity index (χ4n) is 3.53. The second-order valence-corrected chi connectivity index (χ2v) is 6.54. The van der Waals surface area contributed by atoms with Crippen LogP contribution in [0.25, 0.3) is 0 Å². The van der Waals surface area contributed by atoms with Crippen molar-refractivity contribution in [3.8, 4) is 0 Å². The van der Waals surface area contributed by atoms with Crippen molar-refractivity contribution in [1.29, 1.82) is 0 Å². The molecule has 1 saturated carbocycles. The molecule has 2 fully saturated rings. The molecule has 2 unspecified atom stereocenters. The lowest BCUT2D eigenvalue weighted by Gasteiger charge is -2.30. The van der Waals surface area contributed by atoms with Crippen LogP contribution < -0.4 is 10.6 Å². The normalized spacial score (nSPS) is 27.6. The lowest BCUT2D eigenvalue weighted by Crippen LogP contribution is -2.48. The minimum atomic E-state index is 0. The number of piperidine rings is 1. The molecule has 0 aromatic carbocycles. The molecule has 0 radical (unpaired) electrons. The summed E-state index contributed by atoms with van der Waals surface area (Å²) in [6.45, 7) is 4.30. The van der Waals surface area contributed by atoms with Gasteiger partial charge in [0, 0.05) is 12.5 Å². The fraction of sp³-hybridized carbons (Fsp3) is 0.938. The lowest BCUT2D eigenvalue weighted by molar-refractivity contribution is -0.122. The summed E-state index contributed by atoms with van der Waals surface area (Å²) < 4.78 is 0. The predicted molar refractivity (Wildman–Crippen MR) is 86.3 cm³/mol. The summed E-state index contributed by atoms with van der Waals surface area (Å²) in [4.78, 5) is 12.0. The molecule has 2 N–H and O–H groups in total. The van der Waals surface area contributed by atoms with Crippen LogP contribution in [-0.4, -0.2) is 25.0 Å².